The lowest BCUT2D eigenvalue weighted by atomic mass is 9.87. The van der Waals surface area contributed by atoms with Crippen LogP contribution in [0, 0.1) is 11.3 Å². The van der Waals surface area contributed by atoms with Gasteiger partial charge in [-0.1, -0.05) is 6.92 Å². The fourth-order valence-corrected chi connectivity index (χ4v) is 2.76. The highest BCUT2D eigenvalue weighted by Crippen LogP contribution is 2.28. The SMILES string of the molecule is CCc1[nH+]c(NC[C@H](C)O)c(C#N)c2c1CCCC2. The molecule has 0 radical (unpaired) electrons. The smallest absolute Gasteiger partial charge is 0.290 e. The van der Waals surface area contributed by atoms with E-state index < -0.39 is 6.10 Å². The number of aromatic nitrogens is 1. The molecular weight excluding hydrogens is 238 g/mol. The number of aliphatic hydroxyl groups excluding tert-OH is 1. The molecule has 0 aliphatic heterocycles. The van der Waals surface area contributed by atoms with Gasteiger partial charge in [0.05, 0.1) is 6.10 Å². The maximum Gasteiger partial charge on any atom is 0.290 e. The zero-order valence-corrected chi connectivity index (χ0v) is 11.7. The van der Waals surface area contributed by atoms with Crippen molar-refractivity contribution in [2.24, 2.45) is 0 Å². The van der Waals surface area contributed by atoms with E-state index in [0.29, 0.717) is 6.54 Å². The van der Waals surface area contributed by atoms with Crippen LogP contribution in [0.15, 0.2) is 0 Å². The molecule has 102 valence electrons. The van der Waals surface area contributed by atoms with E-state index in [1.54, 1.807) is 6.92 Å². The van der Waals surface area contributed by atoms with Crippen LogP contribution in [0.2, 0.25) is 0 Å². The molecule has 3 N–H and O–H groups in total. The summed E-state index contributed by atoms with van der Waals surface area (Å²) < 4.78 is 0. The largest absolute Gasteiger partial charge is 0.389 e. The molecular formula is C15H22N3O+. The molecule has 4 heteroatoms. The highest BCUT2D eigenvalue weighted by Gasteiger charge is 2.24. The summed E-state index contributed by atoms with van der Waals surface area (Å²) in [7, 11) is 0. The first-order valence-corrected chi connectivity index (χ1v) is 7.09. The summed E-state index contributed by atoms with van der Waals surface area (Å²) in [5, 5.41) is 22.0. The van der Waals surface area contributed by atoms with E-state index in [-0.39, 0.29) is 0 Å². The van der Waals surface area contributed by atoms with E-state index in [1.807, 2.05) is 0 Å². The summed E-state index contributed by atoms with van der Waals surface area (Å²) in [6.45, 7) is 4.32. The zero-order chi connectivity index (χ0) is 13.8. The van der Waals surface area contributed by atoms with Crippen molar-refractivity contribution in [2.75, 3.05) is 11.9 Å². The van der Waals surface area contributed by atoms with Crippen LogP contribution in [0.25, 0.3) is 0 Å². The van der Waals surface area contributed by atoms with Gasteiger partial charge in [0.1, 0.15) is 23.9 Å². The second-order valence-corrected chi connectivity index (χ2v) is 5.21. The topological polar surface area (TPSA) is 70.2 Å². The molecule has 2 rings (SSSR count). The van der Waals surface area contributed by atoms with Gasteiger partial charge in [0, 0.05) is 6.42 Å². The van der Waals surface area contributed by atoms with E-state index in [0.717, 1.165) is 37.1 Å². The molecule has 0 fully saturated rings. The van der Waals surface area contributed by atoms with Crippen LogP contribution in [0.5, 0.6) is 0 Å². The van der Waals surface area contributed by atoms with E-state index in [2.05, 4.69) is 23.3 Å². The maximum absolute atomic E-state index is 9.43. The van der Waals surface area contributed by atoms with E-state index in [9.17, 15) is 10.4 Å². The number of fused-ring (bicyclic) bond motifs is 1. The van der Waals surface area contributed by atoms with Crippen LogP contribution >= 0.6 is 0 Å². The minimum absolute atomic E-state index is 0.430. The Kier molecular flexibility index (Phi) is 4.39. The predicted molar refractivity (Wildman–Crippen MR) is 73.9 cm³/mol. The van der Waals surface area contributed by atoms with Crippen molar-refractivity contribution in [2.45, 2.75) is 52.1 Å². The lowest BCUT2D eigenvalue weighted by molar-refractivity contribution is -0.374. The molecule has 0 saturated heterocycles. The summed E-state index contributed by atoms with van der Waals surface area (Å²) in [6, 6.07) is 2.32. The number of pyridine rings is 1. The Balaban J connectivity index is 2.45. The number of nitrogens with one attached hydrogen (secondary N) is 2. The molecule has 0 amide bonds. The molecule has 0 saturated carbocycles. The molecule has 1 heterocycles. The average molecular weight is 260 g/mol. The van der Waals surface area contributed by atoms with Gasteiger partial charge >= 0.3 is 0 Å². The van der Waals surface area contributed by atoms with Crippen molar-refractivity contribution in [3.63, 3.8) is 0 Å². The van der Waals surface area contributed by atoms with E-state index >= 15 is 0 Å². The Hall–Kier alpha value is -1.60. The number of rotatable bonds is 4. The first kappa shape index (κ1) is 13.8. The first-order valence-electron chi connectivity index (χ1n) is 7.09. The van der Waals surface area contributed by atoms with Gasteiger partial charge in [0.15, 0.2) is 0 Å². The van der Waals surface area contributed by atoms with Gasteiger partial charge in [-0.3, -0.25) is 5.32 Å². The molecule has 19 heavy (non-hydrogen) atoms. The van der Waals surface area contributed by atoms with Gasteiger partial charge in [-0.05, 0) is 43.7 Å². The molecule has 0 spiro atoms. The quantitative estimate of drug-likeness (QED) is 0.864. The number of aryl methyl sites for hydroxylation is 1. The van der Waals surface area contributed by atoms with E-state index in [1.165, 1.54) is 23.2 Å². The van der Waals surface area contributed by atoms with Crippen LogP contribution < -0.4 is 10.3 Å². The average Bonchev–Trinajstić information content (AvgIpc) is 2.43. The summed E-state index contributed by atoms with van der Waals surface area (Å²) in [6.07, 6.45) is 4.94. The summed E-state index contributed by atoms with van der Waals surface area (Å²) in [5.74, 6) is 0.765. The van der Waals surface area contributed by atoms with Crippen molar-refractivity contribution in [3.8, 4) is 6.07 Å². The molecule has 1 aromatic rings. The fourth-order valence-electron chi connectivity index (χ4n) is 2.76. The second-order valence-electron chi connectivity index (χ2n) is 5.21. The number of hydrogen-bond donors (Lipinski definition) is 2. The number of nitriles is 1. The number of aliphatic hydroxyl groups is 1. The first-order chi connectivity index (χ1) is 9.17. The summed E-state index contributed by atoms with van der Waals surface area (Å²) >= 11 is 0. The highest BCUT2D eigenvalue weighted by atomic mass is 16.3. The Morgan fingerprint density at radius 1 is 1.37 bits per heavy atom. The maximum atomic E-state index is 9.43. The van der Waals surface area contributed by atoms with Gasteiger partial charge in [-0.15, -0.1) is 0 Å². The van der Waals surface area contributed by atoms with Crippen LogP contribution in [0.4, 0.5) is 5.82 Å². The van der Waals surface area contributed by atoms with E-state index in [4.69, 9.17) is 0 Å². The third-order valence-electron chi connectivity index (χ3n) is 3.70. The van der Waals surface area contributed by atoms with Gasteiger partial charge in [0.25, 0.3) is 5.82 Å². The number of anilines is 1. The monoisotopic (exact) mass is 260 g/mol. The molecule has 1 aliphatic carbocycles. The fraction of sp³-hybridized carbons (Fsp3) is 0.600. The van der Waals surface area contributed by atoms with Gasteiger partial charge < -0.3 is 5.11 Å². The third kappa shape index (κ3) is 2.87. The predicted octanol–water partition coefficient (Wildman–Crippen LogP) is 1.61. The van der Waals surface area contributed by atoms with Gasteiger partial charge in [0.2, 0.25) is 0 Å². The Labute approximate surface area is 114 Å². The summed E-state index contributed by atoms with van der Waals surface area (Å²) in [4.78, 5) is 3.35. The van der Waals surface area contributed by atoms with Crippen molar-refractivity contribution >= 4 is 5.82 Å². The molecule has 1 atom stereocenters. The minimum Gasteiger partial charge on any atom is -0.389 e. The minimum atomic E-state index is -0.430. The molecule has 4 nitrogen and oxygen atoms in total. The Bertz CT molecular complexity index is 503. The third-order valence-corrected chi connectivity index (χ3v) is 3.70. The molecule has 0 unspecified atom stereocenters. The molecule has 1 aromatic heterocycles. The van der Waals surface area contributed by atoms with Crippen molar-refractivity contribution in [3.05, 3.63) is 22.4 Å². The van der Waals surface area contributed by atoms with Gasteiger partial charge in [-0.25, -0.2) is 4.98 Å². The Morgan fingerprint density at radius 2 is 2.05 bits per heavy atom. The normalized spacial score (nSPS) is 15.5. The van der Waals surface area contributed by atoms with Crippen LogP contribution in [0.3, 0.4) is 0 Å². The molecule has 1 aliphatic rings. The molecule has 0 aromatic carbocycles. The zero-order valence-electron chi connectivity index (χ0n) is 11.7. The van der Waals surface area contributed by atoms with Crippen LogP contribution in [-0.2, 0) is 19.3 Å². The number of hydrogen-bond acceptors (Lipinski definition) is 3. The van der Waals surface area contributed by atoms with Crippen molar-refractivity contribution in [1.29, 1.82) is 5.26 Å². The lowest BCUT2D eigenvalue weighted by Gasteiger charge is -2.19. The van der Waals surface area contributed by atoms with Crippen LogP contribution in [-0.4, -0.2) is 17.8 Å². The number of H-pyrrole nitrogens is 1. The number of nitrogens with zero attached hydrogens (tertiary/aromatic N) is 1. The van der Waals surface area contributed by atoms with Crippen molar-refractivity contribution in [1.82, 2.24) is 0 Å². The number of aromatic amines is 1. The highest BCUT2D eigenvalue weighted by molar-refractivity contribution is 5.56. The van der Waals surface area contributed by atoms with Crippen LogP contribution in [0.1, 0.15) is 49.1 Å². The summed E-state index contributed by atoms with van der Waals surface area (Å²) in [5.41, 5.74) is 4.50. The Morgan fingerprint density at radius 3 is 2.63 bits per heavy atom. The lowest BCUT2D eigenvalue weighted by Crippen LogP contribution is -2.28. The second kappa shape index (κ2) is 6.03. The van der Waals surface area contributed by atoms with Crippen molar-refractivity contribution < 1.29 is 10.1 Å². The standard InChI is InChI=1S/C15H21N3O/c1-3-14-12-7-5-4-6-11(12)13(8-16)15(18-14)17-9-10(2)19/h10,19H,3-7,9H2,1-2H3,(H,17,18)/p+1/t10-/m0/s1. The molecule has 0 bridgehead atoms. The van der Waals surface area contributed by atoms with Gasteiger partial charge in [-0.2, -0.15) is 5.26 Å².